The van der Waals surface area contributed by atoms with E-state index in [1.54, 1.807) is 24.5 Å². The number of benzene rings is 1. The maximum absolute atomic E-state index is 13.6. The van der Waals surface area contributed by atoms with Crippen molar-refractivity contribution in [2.75, 3.05) is 0 Å². The maximum Gasteiger partial charge on any atom is 0.129 e. The Balaban J connectivity index is 2.38. The van der Waals surface area contributed by atoms with Crippen LogP contribution in [-0.4, -0.2) is 9.97 Å². The molecule has 3 nitrogen and oxygen atoms in total. The molecule has 0 saturated carbocycles. The lowest BCUT2D eigenvalue weighted by Crippen LogP contribution is -2.14. The van der Waals surface area contributed by atoms with Gasteiger partial charge in [0.05, 0.1) is 6.04 Å². The normalized spacial score (nSPS) is 12.4. The third kappa shape index (κ3) is 2.18. The molecule has 0 fully saturated rings. The van der Waals surface area contributed by atoms with Crippen molar-refractivity contribution in [3.8, 4) is 0 Å². The Bertz CT molecular complexity index is 490. The molecule has 0 radical (unpaired) electrons. The van der Waals surface area contributed by atoms with Crippen molar-refractivity contribution >= 4 is 11.6 Å². The monoisotopic (exact) mass is 237 g/mol. The van der Waals surface area contributed by atoms with E-state index in [2.05, 4.69) is 9.97 Å². The summed E-state index contributed by atoms with van der Waals surface area (Å²) in [4.78, 5) is 7.68. The van der Waals surface area contributed by atoms with Gasteiger partial charge in [0, 0.05) is 28.5 Å². The van der Waals surface area contributed by atoms with Gasteiger partial charge in [0.25, 0.3) is 0 Å². The quantitative estimate of drug-likeness (QED) is 0.872. The smallest absolute Gasteiger partial charge is 0.129 e. The Morgan fingerprint density at radius 2 is 1.94 bits per heavy atom. The van der Waals surface area contributed by atoms with Crippen LogP contribution in [0.4, 0.5) is 4.39 Å². The third-order valence-electron chi connectivity index (χ3n) is 2.24. The summed E-state index contributed by atoms with van der Waals surface area (Å²) in [6, 6.07) is 3.82. The van der Waals surface area contributed by atoms with Gasteiger partial charge in [0.1, 0.15) is 12.1 Å². The van der Waals surface area contributed by atoms with Gasteiger partial charge in [-0.2, -0.15) is 0 Å². The molecule has 0 amide bonds. The maximum atomic E-state index is 13.6. The fourth-order valence-corrected chi connectivity index (χ4v) is 1.56. The molecule has 2 rings (SSSR count). The highest BCUT2D eigenvalue weighted by atomic mass is 35.5. The molecule has 1 atom stereocenters. The summed E-state index contributed by atoms with van der Waals surface area (Å²) in [6.45, 7) is 0. The molecular weight excluding hydrogens is 229 g/mol. The minimum atomic E-state index is -0.585. The van der Waals surface area contributed by atoms with E-state index in [0.29, 0.717) is 16.1 Å². The summed E-state index contributed by atoms with van der Waals surface area (Å²) < 4.78 is 13.6. The van der Waals surface area contributed by atoms with Crippen LogP contribution in [-0.2, 0) is 0 Å². The van der Waals surface area contributed by atoms with Crippen molar-refractivity contribution in [3.63, 3.8) is 0 Å². The highest BCUT2D eigenvalue weighted by molar-refractivity contribution is 6.30. The third-order valence-corrected chi connectivity index (χ3v) is 2.47. The Morgan fingerprint density at radius 1 is 1.25 bits per heavy atom. The average Bonchev–Trinajstić information content (AvgIpc) is 2.29. The fraction of sp³-hybridized carbons (Fsp3) is 0.0909. The molecule has 0 aliphatic heterocycles. The molecule has 0 saturated heterocycles. The predicted molar refractivity (Wildman–Crippen MR) is 59.5 cm³/mol. The number of nitrogens with zero attached hydrogens (tertiary/aromatic N) is 2. The Morgan fingerprint density at radius 3 is 2.56 bits per heavy atom. The van der Waals surface area contributed by atoms with Gasteiger partial charge < -0.3 is 5.73 Å². The first kappa shape index (κ1) is 11.0. The van der Waals surface area contributed by atoms with Crippen molar-refractivity contribution in [2.45, 2.75) is 6.04 Å². The van der Waals surface area contributed by atoms with Crippen molar-refractivity contribution in [1.29, 1.82) is 0 Å². The molecule has 1 aromatic heterocycles. The van der Waals surface area contributed by atoms with E-state index in [-0.39, 0.29) is 0 Å². The topological polar surface area (TPSA) is 51.8 Å². The lowest BCUT2D eigenvalue weighted by Gasteiger charge is -2.12. The molecule has 1 aromatic carbocycles. The standard InChI is InChI=1S/C11H9ClFN3/c12-8-1-2-9(10(13)3-8)11(14)7-4-15-6-16-5-7/h1-6,11H,14H2. The highest BCUT2D eigenvalue weighted by Crippen LogP contribution is 2.23. The summed E-state index contributed by atoms with van der Waals surface area (Å²) in [5.41, 5.74) is 6.93. The molecule has 2 aromatic rings. The first-order valence-electron chi connectivity index (χ1n) is 4.64. The van der Waals surface area contributed by atoms with Crippen LogP contribution in [0.5, 0.6) is 0 Å². The van der Waals surface area contributed by atoms with Crippen LogP contribution < -0.4 is 5.73 Å². The molecule has 0 aliphatic carbocycles. The van der Waals surface area contributed by atoms with Gasteiger partial charge in [-0.3, -0.25) is 0 Å². The SMILES string of the molecule is NC(c1cncnc1)c1ccc(Cl)cc1F. The van der Waals surface area contributed by atoms with Gasteiger partial charge in [-0.25, -0.2) is 14.4 Å². The summed E-state index contributed by atoms with van der Waals surface area (Å²) >= 11 is 5.66. The molecule has 1 heterocycles. The van der Waals surface area contributed by atoms with Crippen molar-refractivity contribution in [1.82, 2.24) is 9.97 Å². The zero-order valence-electron chi connectivity index (χ0n) is 8.27. The average molecular weight is 238 g/mol. The molecule has 0 spiro atoms. The number of rotatable bonds is 2. The molecule has 2 N–H and O–H groups in total. The minimum absolute atomic E-state index is 0.345. The number of hydrogen-bond acceptors (Lipinski definition) is 3. The highest BCUT2D eigenvalue weighted by Gasteiger charge is 2.14. The Hall–Kier alpha value is -1.52. The molecule has 0 bridgehead atoms. The van der Waals surface area contributed by atoms with Gasteiger partial charge in [-0.15, -0.1) is 0 Å². The van der Waals surface area contributed by atoms with E-state index in [4.69, 9.17) is 17.3 Å². The molecule has 0 aliphatic rings. The van der Waals surface area contributed by atoms with E-state index in [1.807, 2.05) is 0 Å². The number of halogens is 2. The minimum Gasteiger partial charge on any atom is -0.320 e. The summed E-state index contributed by atoms with van der Waals surface area (Å²) in [6.07, 6.45) is 4.52. The molecule has 82 valence electrons. The van der Waals surface area contributed by atoms with E-state index in [9.17, 15) is 4.39 Å². The Kier molecular flexibility index (Phi) is 3.12. The second kappa shape index (κ2) is 4.55. The van der Waals surface area contributed by atoms with Gasteiger partial charge in [0.15, 0.2) is 0 Å². The lowest BCUT2D eigenvalue weighted by molar-refractivity contribution is 0.599. The van der Waals surface area contributed by atoms with Gasteiger partial charge in [-0.05, 0) is 12.1 Å². The van der Waals surface area contributed by atoms with Crippen LogP contribution >= 0.6 is 11.6 Å². The van der Waals surface area contributed by atoms with E-state index >= 15 is 0 Å². The van der Waals surface area contributed by atoms with Gasteiger partial charge >= 0.3 is 0 Å². The first-order valence-corrected chi connectivity index (χ1v) is 5.01. The second-order valence-electron chi connectivity index (χ2n) is 3.32. The van der Waals surface area contributed by atoms with Crippen LogP contribution in [0.25, 0.3) is 0 Å². The Labute approximate surface area is 97.1 Å². The van der Waals surface area contributed by atoms with E-state index in [1.165, 1.54) is 12.4 Å². The van der Waals surface area contributed by atoms with Crippen molar-refractivity contribution in [2.24, 2.45) is 5.73 Å². The number of aromatic nitrogens is 2. The summed E-state index contributed by atoms with van der Waals surface area (Å²) in [5, 5.41) is 0.345. The summed E-state index contributed by atoms with van der Waals surface area (Å²) in [7, 11) is 0. The predicted octanol–water partition coefficient (Wildman–Crippen LogP) is 2.32. The lowest BCUT2D eigenvalue weighted by atomic mass is 10.0. The largest absolute Gasteiger partial charge is 0.320 e. The molecule has 16 heavy (non-hydrogen) atoms. The number of hydrogen-bond donors (Lipinski definition) is 1. The molecular formula is C11H9ClFN3. The van der Waals surface area contributed by atoms with Crippen molar-refractivity contribution < 1.29 is 4.39 Å². The zero-order valence-corrected chi connectivity index (χ0v) is 9.03. The van der Waals surface area contributed by atoms with Gasteiger partial charge in [0.2, 0.25) is 0 Å². The van der Waals surface area contributed by atoms with E-state index < -0.39 is 11.9 Å². The fourth-order valence-electron chi connectivity index (χ4n) is 1.40. The van der Waals surface area contributed by atoms with Crippen LogP contribution in [0.2, 0.25) is 5.02 Å². The zero-order chi connectivity index (χ0) is 11.5. The summed E-state index contributed by atoms with van der Waals surface area (Å²) in [5.74, 6) is -0.427. The number of nitrogens with two attached hydrogens (primary N) is 1. The molecule has 5 heteroatoms. The van der Waals surface area contributed by atoms with Crippen molar-refractivity contribution in [3.05, 3.63) is 58.9 Å². The van der Waals surface area contributed by atoms with Crippen LogP contribution in [0.3, 0.4) is 0 Å². The molecule has 1 unspecified atom stereocenters. The first-order chi connectivity index (χ1) is 7.68. The van der Waals surface area contributed by atoms with Crippen LogP contribution in [0, 0.1) is 5.82 Å². The van der Waals surface area contributed by atoms with Crippen LogP contribution in [0.15, 0.2) is 36.9 Å². The van der Waals surface area contributed by atoms with E-state index in [0.717, 1.165) is 0 Å². The van der Waals surface area contributed by atoms with Gasteiger partial charge in [-0.1, -0.05) is 17.7 Å². The van der Waals surface area contributed by atoms with Crippen LogP contribution in [0.1, 0.15) is 17.2 Å². The second-order valence-corrected chi connectivity index (χ2v) is 3.75.